The van der Waals surface area contributed by atoms with Gasteiger partial charge in [0.15, 0.2) is 0 Å². The fraction of sp³-hybridized carbons (Fsp3) is 0.765. The zero-order valence-corrected chi connectivity index (χ0v) is 14.4. The molecule has 122 valence electrons. The Bertz CT molecular complexity index is 405. The molecule has 21 heavy (non-hydrogen) atoms. The molecule has 1 aromatic heterocycles. The van der Waals surface area contributed by atoms with Gasteiger partial charge in [0.1, 0.15) is 18.1 Å². The van der Waals surface area contributed by atoms with Crippen LogP contribution < -0.4 is 5.32 Å². The molecule has 0 amide bonds. The van der Waals surface area contributed by atoms with Gasteiger partial charge in [0.25, 0.3) is 0 Å². The van der Waals surface area contributed by atoms with Crippen molar-refractivity contribution in [2.24, 2.45) is 5.92 Å². The van der Waals surface area contributed by atoms with Gasteiger partial charge in [-0.1, -0.05) is 13.8 Å². The van der Waals surface area contributed by atoms with Gasteiger partial charge in [-0.2, -0.15) is 0 Å². The largest absolute Gasteiger partial charge is 0.464 e. The van der Waals surface area contributed by atoms with Gasteiger partial charge in [-0.15, -0.1) is 0 Å². The Morgan fingerprint density at radius 3 is 2.57 bits per heavy atom. The van der Waals surface area contributed by atoms with Gasteiger partial charge >= 0.3 is 0 Å². The van der Waals surface area contributed by atoms with Crippen LogP contribution in [0.1, 0.15) is 51.7 Å². The summed E-state index contributed by atoms with van der Waals surface area (Å²) in [4.78, 5) is 0. The highest BCUT2D eigenvalue weighted by atomic mass is 16.5. The molecule has 1 rings (SSSR count). The van der Waals surface area contributed by atoms with Gasteiger partial charge < -0.3 is 19.2 Å². The van der Waals surface area contributed by atoms with Crippen molar-refractivity contribution in [1.82, 2.24) is 5.32 Å². The minimum absolute atomic E-state index is 0.111. The smallest absolute Gasteiger partial charge is 0.130 e. The summed E-state index contributed by atoms with van der Waals surface area (Å²) < 4.78 is 16.9. The summed E-state index contributed by atoms with van der Waals surface area (Å²) in [5, 5.41) is 3.43. The number of furan rings is 1. The van der Waals surface area contributed by atoms with E-state index < -0.39 is 0 Å². The quantitative estimate of drug-likeness (QED) is 0.706. The number of ether oxygens (including phenoxy) is 2. The Hall–Kier alpha value is -0.840. The Balaban J connectivity index is 2.27. The maximum Gasteiger partial charge on any atom is 0.130 e. The maximum atomic E-state index is 5.71. The van der Waals surface area contributed by atoms with E-state index in [4.69, 9.17) is 13.9 Å². The molecule has 1 heterocycles. The van der Waals surface area contributed by atoms with Crippen LogP contribution in [-0.4, -0.2) is 25.4 Å². The molecule has 0 atom stereocenters. The fourth-order valence-corrected chi connectivity index (χ4v) is 1.91. The lowest BCUT2D eigenvalue weighted by Gasteiger charge is -2.19. The van der Waals surface area contributed by atoms with Gasteiger partial charge in [-0.05, 0) is 46.2 Å². The zero-order valence-electron chi connectivity index (χ0n) is 14.4. The van der Waals surface area contributed by atoms with Crippen LogP contribution in [0.4, 0.5) is 0 Å². The molecule has 0 bridgehead atoms. The topological polar surface area (TPSA) is 43.6 Å². The Kier molecular flexibility index (Phi) is 7.43. The summed E-state index contributed by atoms with van der Waals surface area (Å²) in [5.41, 5.74) is 1.10. The predicted octanol–water partition coefficient (Wildman–Crippen LogP) is 3.67. The predicted molar refractivity (Wildman–Crippen MR) is 85.4 cm³/mol. The minimum Gasteiger partial charge on any atom is -0.464 e. The average Bonchev–Trinajstić information content (AvgIpc) is 2.68. The second kappa shape index (κ2) is 8.57. The number of rotatable bonds is 9. The standard InChI is InChI=1S/C17H31NO3/c1-13(2)10-18-11-15-9-16(21-14(15)3)12-19-7-8-20-17(4,5)6/h9,13,18H,7-8,10-12H2,1-6H3. The summed E-state index contributed by atoms with van der Waals surface area (Å²) in [6.07, 6.45) is 0. The zero-order chi connectivity index (χ0) is 15.9. The van der Waals surface area contributed by atoms with Crippen LogP contribution >= 0.6 is 0 Å². The van der Waals surface area contributed by atoms with E-state index in [1.54, 1.807) is 0 Å². The van der Waals surface area contributed by atoms with Crippen LogP contribution in [0, 0.1) is 12.8 Å². The van der Waals surface area contributed by atoms with Crippen molar-refractivity contribution in [2.45, 2.75) is 60.3 Å². The van der Waals surface area contributed by atoms with E-state index in [1.807, 2.05) is 27.7 Å². The molecule has 1 aromatic rings. The van der Waals surface area contributed by atoms with E-state index in [-0.39, 0.29) is 5.60 Å². The van der Waals surface area contributed by atoms with E-state index in [2.05, 4.69) is 25.2 Å². The first-order valence-electron chi connectivity index (χ1n) is 7.78. The summed E-state index contributed by atoms with van der Waals surface area (Å²) in [6.45, 7) is 16.1. The van der Waals surface area contributed by atoms with Crippen molar-refractivity contribution >= 4 is 0 Å². The first kappa shape index (κ1) is 18.2. The molecule has 0 aliphatic rings. The molecule has 1 N–H and O–H groups in total. The molecule has 4 heteroatoms. The van der Waals surface area contributed by atoms with E-state index in [0.717, 1.165) is 24.6 Å². The van der Waals surface area contributed by atoms with Crippen molar-refractivity contribution in [3.05, 3.63) is 23.2 Å². The third kappa shape index (κ3) is 8.24. The summed E-state index contributed by atoms with van der Waals surface area (Å²) in [6, 6.07) is 2.08. The van der Waals surface area contributed by atoms with Crippen LogP contribution in [0.25, 0.3) is 0 Å². The molecular formula is C17H31NO3. The van der Waals surface area contributed by atoms with Gasteiger partial charge in [0, 0.05) is 12.1 Å². The first-order valence-corrected chi connectivity index (χ1v) is 7.78. The number of hydrogen-bond donors (Lipinski definition) is 1. The highest BCUT2D eigenvalue weighted by molar-refractivity contribution is 5.20. The molecule has 0 saturated heterocycles. The minimum atomic E-state index is -0.111. The number of nitrogens with one attached hydrogen (secondary N) is 1. The van der Waals surface area contributed by atoms with Crippen molar-refractivity contribution in [2.75, 3.05) is 19.8 Å². The Morgan fingerprint density at radius 2 is 1.95 bits per heavy atom. The summed E-state index contributed by atoms with van der Waals surface area (Å²) in [7, 11) is 0. The summed E-state index contributed by atoms with van der Waals surface area (Å²) in [5.74, 6) is 2.50. The summed E-state index contributed by atoms with van der Waals surface area (Å²) >= 11 is 0. The lowest BCUT2D eigenvalue weighted by Crippen LogP contribution is -2.21. The lowest BCUT2D eigenvalue weighted by atomic mass is 10.2. The maximum absolute atomic E-state index is 5.71. The highest BCUT2D eigenvalue weighted by Gasteiger charge is 2.10. The Labute approximate surface area is 129 Å². The molecule has 0 aromatic carbocycles. The number of hydrogen-bond acceptors (Lipinski definition) is 4. The van der Waals surface area contributed by atoms with Crippen LogP contribution in [0.2, 0.25) is 0 Å². The van der Waals surface area contributed by atoms with E-state index in [0.29, 0.717) is 25.7 Å². The second-order valence-corrected chi connectivity index (χ2v) is 6.83. The van der Waals surface area contributed by atoms with E-state index in [1.165, 1.54) is 5.56 Å². The van der Waals surface area contributed by atoms with Crippen molar-refractivity contribution in [1.29, 1.82) is 0 Å². The average molecular weight is 297 g/mol. The van der Waals surface area contributed by atoms with Crippen molar-refractivity contribution in [3.8, 4) is 0 Å². The normalized spacial score (nSPS) is 12.3. The van der Waals surface area contributed by atoms with Crippen molar-refractivity contribution < 1.29 is 13.9 Å². The molecule has 0 unspecified atom stereocenters. The molecule has 0 spiro atoms. The molecule has 0 radical (unpaired) electrons. The second-order valence-electron chi connectivity index (χ2n) is 6.83. The third-order valence-electron chi connectivity index (χ3n) is 2.95. The molecule has 0 saturated carbocycles. The van der Waals surface area contributed by atoms with E-state index in [9.17, 15) is 0 Å². The molecule has 0 aliphatic carbocycles. The van der Waals surface area contributed by atoms with Gasteiger partial charge in [-0.3, -0.25) is 0 Å². The van der Waals surface area contributed by atoms with Crippen LogP contribution in [0.5, 0.6) is 0 Å². The molecule has 0 fully saturated rings. The molecule has 0 aliphatic heterocycles. The SMILES string of the molecule is Cc1oc(COCCOC(C)(C)C)cc1CNCC(C)C. The van der Waals surface area contributed by atoms with Crippen LogP contribution in [0.3, 0.4) is 0 Å². The van der Waals surface area contributed by atoms with Crippen LogP contribution in [-0.2, 0) is 22.6 Å². The highest BCUT2D eigenvalue weighted by Crippen LogP contribution is 2.15. The van der Waals surface area contributed by atoms with E-state index >= 15 is 0 Å². The van der Waals surface area contributed by atoms with Crippen LogP contribution in [0.15, 0.2) is 10.5 Å². The first-order chi connectivity index (χ1) is 9.78. The van der Waals surface area contributed by atoms with Gasteiger partial charge in [0.05, 0.1) is 18.8 Å². The third-order valence-corrected chi connectivity index (χ3v) is 2.95. The fourth-order valence-electron chi connectivity index (χ4n) is 1.91. The van der Waals surface area contributed by atoms with Crippen molar-refractivity contribution in [3.63, 3.8) is 0 Å². The van der Waals surface area contributed by atoms with Gasteiger partial charge in [0.2, 0.25) is 0 Å². The molecule has 4 nitrogen and oxygen atoms in total. The Morgan fingerprint density at radius 1 is 1.24 bits per heavy atom. The van der Waals surface area contributed by atoms with Gasteiger partial charge in [-0.25, -0.2) is 0 Å². The monoisotopic (exact) mass is 297 g/mol. The molecular weight excluding hydrogens is 266 g/mol. The number of aryl methyl sites for hydroxylation is 1. The lowest BCUT2D eigenvalue weighted by molar-refractivity contribution is -0.0395.